The van der Waals surface area contributed by atoms with Crippen LogP contribution in [0.2, 0.25) is 0 Å². The number of fused-ring (bicyclic) bond motifs is 2. The number of aromatic nitrogens is 2. The van der Waals surface area contributed by atoms with E-state index in [-0.39, 0.29) is 18.1 Å². The largest absolute Gasteiger partial charge is 0.497 e. The van der Waals surface area contributed by atoms with Crippen molar-refractivity contribution in [3.63, 3.8) is 0 Å². The zero-order valence-electron chi connectivity index (χ0n) is 26.7. The molecule has 0 spiro atoms. The second kappa shape index (κ2) is 14.3. The molecule has 0 bridgehead atoms. The first-order valence-corrected chi connectivity index (χ1v) is 15.1. The topological polar surface area (TPSA) is 126 Å². The molecule has 3 aromatic carbocycles. The van der Waals surface area contributed by atoms with Gasteiger partial charge in [0.1, 0.15) is 11.5 Å². The van der Waals surface area contributed by atoms with E-state index in [0.29, 0.717) is 17.1 Å². The number of ether oxygens (including phenoxy) is 3. The summed E-state index contributed by atoms with van der Waals surface area (Å²) in [5.41, 5.74) is 6.96. The Hall–Kier alpha value is -5.14. The molecule has 3 heterocycles. The molecule has 1 aromatic heterocycles. The standard InChI is InChI=1S/C33H34N4O4.C2HF3O2/c1-20-17-37(18-21(2)41-20)19-23-7-5-22(6-8-23)9-11-29-32-30(36-35-29)14-24(15-31(32)40-4)13-27-26-16-25(39-3)10-12-28(26)34-33(27)38;3-2(4,5)1(6)7/h5-16,20-21H,17-19H2,1-4H3,(H,34,38)(H,35,36);(H,6,7)/b11-9+,27-13+;/t20-,21+;. The highest BCUT2D eigenvalue weighted by Crippen LogP contribution is 2.37. The van der Waals surface area contributed by atoms with Gasteiger partial charge in [-0.2, -0.15) is 18.3 Å². The number of halogens is 3. The molecule has 0 radical (unpaired) electrons. The molecule has 0 saturated carbocycles. The van der Waals surface area contributed by atoms with Crippen LogP contribution < -0.4 is 14.8 Å². The maximum Gasteiger partial charge on any atom is 0.490 e. The number of H-pyrrole nitrogens is 1. The van der Waals surface area contributed by atoms with Crippen LogP contribution >= 0.6 is 0 Å². The Labute approximate surface area is 274 Å². The predicted octanol–water partition coefficient (Wildman–Crippen LogP) is 6.49. The number of carbonyl (C=O) groups is 2. The SMILES string of the molecule is COc1ccc2c(c1)/C(=C\c1cc(OC)c3c(/C=C/c4ccc(CN5C[C@@H](C)O[C@@H](C)C5)cc4)n[nH]c3c1)C(=O)N2.O=C(O)C(F)(F)F. The molecule has 48 heavy (non-hydrogen) atoms. The number of carboxylic acid groups (broad SMARTS) is 1. The highest BCUT2D eigenvalue weighted by molar-refractivity contribution is 6.35. The number of rotatable bonds is 7. The average molecular weight is 665 g/mol. The van der Waals surface area contributed by atoms with Crippen LogP contribution in [0.3, 0.4) is 0 Å². The summed E-state index contributed by atoms with van der Waals surface area (Å²) in [6.45, 7) is 7.09. The van der Waals surface area contributed by atoms with E-state index in [1.165, 1.54) is 5.56 Å². The van der Waals surface area contributed by atoms with Crippen LogP contribution in [-0.2, 0) is 20.9 Å². The highest BCUT2D eigenvalue weighted by Gasteiger charge is 2.38. The third-order valence-electron chi connectivity index (χ3n) is 7.78. The van der Waals surface area contributed by atoms with Gasteiger partial charge in [0.15, 0.2) is 0 Å². The molecular weight excluding hydrogens is 629 g/mol. The fourth-order valence-electron chi connectivity index (χ4n) is 5.72. The molecule has 2 aliphatic heterocycles. The summed E-state index contributed by atoms with van der Waals surface area (Å²) in [5.74, 6) is -1.54. The minimum absolute atomic E-state index is 0.152. The number of carbonyl (C=O) groups excluding carboxylic acids is 1. The molecule has 1 fully saturated rings. The minimum atomic E-state index is -5.08. The Bertz CT molecular complexity index is 1860. The smallest absolute Gasteiger partial charge is 0.490 e. The van der Waals surface area contributed by atoms with Gasteiger partial charge in [0.25, 0.3) is 5.91 Å². The van der Waals surface area contributed by atoms with Crippen molar-refractivity contribution in [1.82, 2.24) is 15.1 Å². The van der Waals surface area contributed by atoms with Crippen LogP contribution in [0.25, 0.3) is 34.7 Å². The molecule has 2 aliphatic rings. The molecule has 10 nitrogen and oxygen atoms in total. The Balaban J connectivity index is 0.000000582. The number of hydrogen-bond donors (Lipinski definition) is 3. The van der Waals surface area contributed by atoms with E-state index >= 15 is 0 Å². The van der Waals surface area contributed by atoms with E-state index in [1.807, 2.05) is 42.5 Å². The van der Waals surface area contributed by atoms with E-state index < -0.39 is 12.1 Å². The molecule has 0 unspecified atom stereocenters. The summed E-state index contributed by atoms with van der Waals surface area (Å²) in [4.78, 5) is 24.1. The number of morpholine rings is 1. The fourth-order valence-corrected chi connectivity index (χ4v) is 5.72. The van der Waals surface area contributed by atoms with E-state index in [4.69, 9.17) is 24.1 Å². The van der Waals surface area contributed by atoms with E-state index in [2.05, 4.69) is 64.6 Å². The average Bonchev–Trinajstić information content (AvgIpc) is 3.59. The summed E-state index contributed by atoms with van der Waals surface area (Å²) in [7, 11) is 3.25. The second-order valence-corrected chi connectivity index (χ2v) is 11.5. The Kier molecular flexibility index (Phi) is 10.2. The number of amides is 1. The molecule has 1 saturated heterocycles. The number of nitrogens with zero attached hydrogens (tertiary/aromatic N) is 2. The van der Waals surface area contributed by atoms with Crippen molar-refractivity contribution in [3.8, 4) is 11.5 Å². The first-order chi connectivity index (χ1) is 22.8. The van der Waals surface area contributed by atoms with Gasteiger partial charge in [-0.15, -0.1) is 0 Å². The van der Waals surface area contributed by atoms with E-state index in [0.717, 1.165) is 58.6 Å². The molecule has 13 heteroatoms. The summed E-state index contributed by atoms with van der Waals surface area (Å²) >= 11 is 0. The summed E-state index contributed by atoms with van der Waals surface area (Å²) < 4.78 is 48.7. The lowest BCUT2D eigenvalue weighted by atomic mass is 10.0. The summed E-state index contributed by atoms with van der Waals surface area (Å²) in [6.07, 6.45) is 1.35. The lowest BCUT2D eigenvalue weighted by Gasteiger charge is -2.35. The third-order valence-corrected chi connectivity index (χ3v) is 7.78. The van der Waals surface area contributed by atoms with Gasteiger partial charge < -0.3 is 24.6 Å². The Morgan fingerprint density at radius 2 is 1.71 bits per heavy atom. The Morgan fingerprint density at radius 3 is 2.33 bits per heavy atom. The van der Waals surface area contributed by atoms with E-state index in [9.17, 15) is 18.0 Å². The van der Waals surface area contributed by atoms with Gasteiger partial charge in [-0.1, -0.05) is 30.3 Å². The van der Waals surface area contributed by atoms with Gasteiger partial charge in [-0.25, -0.2) is 4.79 Å². The lowest BCUT2D eigenvalue weighted by Crippen LogP contribution is -2.44. The van der Waals surface area contributed by atoms with Gasteiger partial charge in [-0.05, 0) is 73.0 Å². The molecule has 0 aliphatic carbocycles. The minimum Gasteiger partial charge on any atom is -0.497 e. The van der Waals surface area contributed by atoms with Crippen LogP contribution in [0.15, 0.2) is 54.6 Å². The van der Waals surface area contributed by atoms with Crippen LogP contribution in [-0.4, -0.2) is 77.8 Å². The molecule has 4 aromatic rings. The number of benzene rings is 3. The molecule has 6 rings (SSSR count). The zero-order valence-corrected chi connectivity index (χ0v) is 26.7. The van der Waals surface area contributed by atoms with Crippen molar-refractivity contribution in [2.45, 2.75) is 38.8 Å². The Morgan fingerprint density at radius 1 is 1.02 bits per heavy atom. The van der Waals surface area contributed by atoms with Crippen LogP contribution in [0, 0.1) is 0 Å². The lowest BCUT2D eigenvalue weighted by molar-refractivity contribution is -0.192. The van der Waals surface area contributed by atoms with Crippen molar-refractivity contribution in [2.24, 2.45) is 0 Å². The quantitative estimate of drug-likeness (QED) is 0.192. The van der Waals surface area contributed by atoms with Crippen molar-refractivity contribution >= 4 is 52.3 Å². The second-order valence-electron chi connectivity index (χ2n) is 11.5. The number of carboxylic acids is 1. The van der Waals surface area contributed by atoms with Crippen molar-refractivity contribution < 1.29 is 42.1 Å². The van der Waals surface area contributed by atoms with Gasteiger partial charge in [-0.3, -0.25) is 14.8 Å². The zero-order chi connectivity index (χ0) is 34.6. The normalized spacial score (nSPS) is 18.8. The van der Waals surface area contributed by atoms with Crippen molar-refractivity contribution in [2.75, 3.05) is 32.6 Å². The van der Waals surface area contributed by atoms with Gasteiger partial charge in [0.2, 0.25) is 0 Å². The van der Waals surface area contributed by atoms with Gasteiger partial charge in [0, 0.05) is 36.5 Å². The molecule has 252 valence electrons. The highest BCUT2D eigenvalue weighted by atomic mass is 19.4. The first-order valence-electron chi connectivity index (χ1n) is 15.1. The van der Waals surface area contributed by atoms with Gasteiger partial charge in [0.05, 0.1) is 43.0 Å². The van der Waals surface area contributed by atoms with Crippen LogP contribution in [0.4, 0.5) is 18.9 Å². The number of alkyl halides is 3. The van der Waals surface area contributed by atoms with Crippen molar-refractivity contribution in [3.05, 3.63) is 82.5 Å². The number of methoxy groups -OCH3 is 2. The van der Waals surface area contributed by atoms with Crippen LogP contribution in [0.1, 0.15) is 41.8 Å². The van der Waals surface area contributed by atoms with Crippen LogP contribution in [0.5, 0.6) is 11.5 Å². The number of hydrogen-bond acceptors (Lipinski definition) is 7. The fraction of sp³-hybridized carbons (Fsp3) is 0.286. The molecular formula is C35H35F3N4O6. The van der Waals surface area contributed by atoms with Gasteiger partial charge >= 0.3 is 12.1 Å². The molecule has 3 N–H and O–H groups in total. The molecule has 1 amide bonds. The first kappa shape index (κ1) is 34.2. The summed E-state index contributed by atoms with van der Waals surface area (Å²) in [5, 5.41) is 18.6. The maximum atomic E-state index is 12.7. The van der Waals surface area contributed by atoms with Crippen molar-refractivity contribution in [1.29, 1.82) is 0 Å². The number of aromatic amines is 1. The number of nitrogens with one attached hydrogen (secondary N) is 2. The number of aliphatic carboxylic acids is 1. The third kappa shape index (κ3) is 8.04. The number of anilines is 1. The summed E-state index contributed by atoms with van der Waals surface area (Å²) in [6, 6.07) is 18.1. The monoisotopic (exact) mass is 664 g/mol. The molecule has 2 atom stereocenters. The maximum absolute atomic E-state index is 12.7. The predicted molar refractivity (Wildman–Crippen MR) is 176 cm³/mol. The van der Waals surface area contributed by atoms with E-state index in [1.54, 1.807) is 14.2 Å².